The van der Waals surface area contributed by atoms with Crippen molar-refractivity contribution in [3.05, 3.63) is 11.3 Å². The van der Waals surface area contributed by atoms with E-state index in [0.717, 1.165) is 25.7 Å². The fourth-order valence-electron chi connectivity index (χ4n) is 2.50. The van der Waals surface area contributed by atoms with Crippen molar-refractivity contribution in [3.8, 4) is 0 Å². The molecule has 1 N–H and O–H groups in total. The second-order valence-corrected chi connectivity index (χ2v) is 4.45. The van der Waals surface area contributed by atoms with Crippen molar-refractivity contribution in [1.29, 1.82) is 0 Å². The first-order chi connectivity index (χ1) is 7.95. The predicted octanol–water partition coefficient (Wildman–Crippen LogP) is 3.37. The highest BCUT2D eigenvalue weighted by Gasteiger charge is 2.38. The molecule has 1 fully saturated rings. The minimum atomic E-state index is -4.38. The quantitative estimate of drug-likeness (QED) is 0.868. The highest BCUT2D eigenvalue weighted by molar-refractivity contribution is 5.47. The number of halogens is 3. The Morgan fingerprint density at radius 2 is 1.88 bits per heavy atom. The second kappa shape index (κ2) is 4.23. The number of rotatable bonds is 2. The van der Waals surface area contributed by atoms with Gasteiger partial charge in [0.2, 0.25) is 0 Å². The number of nitrogens with one attached hydrogen (secondary N) is 1. The molecule has 0 bridgehead atoms. The summed E-state index contributed by atoms with van der Waals surface area (Å²) >= 11 is 0. The molecule has 0 radical (unpaired) electrons. The summed E-state index contributed by atoms with van der Waals surface area (Å²) in [5.41, 5.74) is -0.583. The average molecular weight is 247 g/mol. The first-order valence-electron chi connectivity index (χ1n) is 5.79. The van der Waals surface area contributed by atoms with Crippen LogP contribution in [0.5, 0.6) is 0 Å². The van der Waals surface area contributed by atoms with Crippen molar-refractivity contribution in [3.63, 3.8) is 0 Å². The molecule has 3 nitrogen and oxygen atoms in total. The number of hydrogen-bond donors (Lipinski definition) is 1. The molecule has 0 aliphatic heterocycles. The molecule has 1 aromatic rings. The normalized spacial score (nSPS) is 17.7. The molecule has 0 spiro atoms. The SMILES string of the molecule is CNc1c(C)c(C(F)(F)F)nn1C1CCCC1. The smallest absolute Gasteiger partial charge is 0.373 e. The number of aromatic nitrogens is 2. The molecule has 1 heterocycles. The van der Waals surface area contributed by atoms with Crippen molar-refractivity contribution < 1.29 is 13.2 Å². The van der Waals surface area contributed by atoms with Gasteiger partial charge >= 0.3 is 6.18 Å². The lowest BCUT2D eigenvalue weighted by atomic mass is 10.2. The molecular formula is C11H16F3N3. The maximum absolute atomic E-state index is 12.8. The largest absolute Gasteiger partial charge is 0.435 e. The molecule has 1 saturated carbocycles. The zero-order chi connectivity index (χ0) is 12.6. The minimum absolute atomic E-state index is 0.104. The van der Waals surface area contributed by atoms with Crippen LogP contribution >= 0.6 is 0 Å². The summed E-state index contributed by atoms with van der Waals surface area (Å²) in [5.74, 6) is 0.490. The van der Waals surface area contributed by atoms with Gasteiger partial charge in [-0.2, -0.15) is 18.3 Å². The lowest BCUT2D eigenvalue weighted by molar-refractivity contribution is -0.142. The lowest BCUT2D eigenvalue weighted by Crippen LogP contribution is -2.12. The molecule has 0 aromatic carbocycles. The molecule has 0 saturated heterocycles. The van der Waals surface area contributed by atoms with Crippen LogP contribution in [0.4, 0.5) is 19.0 Å². The van der Waals surface area contributed by atoms with Crippen LogP contribution in [0.1, 0.15) is 43.0 Å². The summed E-state index contributed by atoms with van der Waals surface area (Å²) in [4.78, 5) is 0. The summed E-state index contributed by atoms with van der Waals surface area (Å²) in [5, 5.41) is 6.60. The highest BCUT2D eigenvalue weighted by atomic mass is 19.4. The number of anilines is 1. The van der Waals surface area contributed by atoms with Crippen LogP contribution in [-0.2, 0) is 6.18 Å². The van der Waals surface area contributed by atoms with E-state index in [1.54, 1.807) is 7.05 Å². The van der Waals surface area contributed by atoms with E-state index in [1.165, 1.54) is 11.6 Å². The van der Waals surface area contributed by atoms with Gasteiger partial charge in [0.1, 0.15) is 5.82 Å². The van der Waals surface area contributed by atoms with Crippen molar-refractivity contribution in [2.45, 2.75) is 44.8 Å². The van der Waals surface area contributed by atoms with Crippen molar-refractivity contribution >= 4 is 5.82 Å². The minimum Gasteiger partial charge on any atom is -0.373 e. The van der Waals surface area contributed by atoms with Gasteiger partial charge < -0.3 is 5.32 Å². The molecule has 1 aliphatic rings. The molecule has 96 valence electrons. The highest BCUT2D eigenvalue weighted by Crippen LogP contribution is 2.38. The van der Waals surface area contributed by atoms with Crippen LogP contribution in [-0.4, -0.2) is 16.8 Å². The Hall–Kier alpha value is -1.20. The topological polar surface area (TPSA) is 29.9 Å². The van der Waals surface area contributed by atoms with Crippen LogP contribution in [0, 0.1) is 6.92 Å². The van der Waals surface area contributed by atoms with E-state index in [4.69, 9.17) is 0 Å². The van der Waals surface area contributed by atoms with Crippen LogP contribution in [0.25, 0.3) is 0 Å². The molecule has 0 unspecified atom stereocenters. The monoisotopic (exact) mass is 247 g/mol. The fourth-order valence-corrected chi connectivity index (χ4v) is 2.50. The van der Waals surface area contributed by atoms with Gasteiger partial charge in [0.25, 0.3) is 0 Å². The third kappa shape index (κ3) is 2.12. The first kappa shape index (κ1) is 12.3. The van der Waals surface area contributed by atoms with E-state index < -0.39 is 11.9 Å². The van der Waals surface area contributed by atoms with E-state index in [9.17, 15) is 13.2 Å². The second-order valence-electron chi connectivity index (χ2n) is 4.45. The van der Waals surface area contributed by atoms with E-state index in [1.807, 2.05) is 0 Å². The zero-order valence-electron chi connectivity index (χ0n) is 9.93. The molecule has 1 aromatic heterocycles. The zero-order valence-corrected chi connectivity index (χ0v) is 9.93. The van der Waals surface area contributed by atoms with Crippen molar-refractivity contribution in [2.75, 3.05) is 12.4 Å². The number of nitrogens with zero attached hydrogens (tertiary/aromatic N) is 2. The van der Waals surface area contributed by atoms with Gasteiger partial charge in [0.05, 0.1) is 6.04 Å². The number of hydrogen-bond acceptors (Lipinski definition) is 2. The van der Waals surface area contributed by atoms with Gasteiger partial charge in [-0.05, 0) is 19.8 Å². The predicted molar refractivity (Wildman–Crippen MR) is 59.0 cm³/mol. The molecule has 1 aliphatic carbocycles. The third-order valence-corrected chi connectivity index (χ3v) is 3.32. The van der Waals surface area contributed by atoms with E-state index in [-0.39, 0.29) is 11.6 Å². The molecule has 17 heavy (non-hydrogen) atoms. The summed E-state index contributed by atoms with van der Waals surface area (Å²) in [7, 11) is 1.63. The third-order valence-electron chi connectivity index (χ3n) is 3.32. The molecular weight excluding hydrogens is 231 g/mol. The maximum atomic E-state index is 12.8. The van der Waals surface area contributed by atoms with Crippen molar-refractivity contribution in [2.24, 2.45) is 0 Å². The Kier molecular flexibility index (Phi) is 3.05. The lowest BCUT2D eigenvalue weighted by Gasteiger charge is -2.13. The van der Waals surface area contributed by atoms with Gasteiger partial charge in [-0.3, -0.25) is 0 Å². The van der Waals surface area contributed by atoms with Gasteiger partial charge in [0.15, 0.2) is 5.69 Å². The van der Waals surface area contributed by atoms with E-state index in [2.05, 4.69) is 10.4 Å². The van der Waals surface area contributed by atoms with Gasteiger partial charge in [-0.25, -0.2) is 4.68 Å². The first-order valence-corrected chi connectivity index (χ1v) is 5.79. The average Bonchev–Trinajstić information content (AvgIpc) is 2.82. The molecule has 0 atom stereocenters. The molecule has 2 rings (SSSR count). The van der Waals surface area contributed by atoms with E-state index >= 15 is 0 Å². The van der Waals surface area contributed by atoms with Gasteiger partial charge in [-0.1, -0.05) is 12.8 Å². The Bertz CT molecular complexity index is 403. The van der Waals surface area contributed by atoms with Gasteiger partial charge in [-0.15, -0.1) is 0 Å². The van der Waals surface area contributed by atoms with Crippen LogP contribution in [0.2, 0.25) is 0 Å². The fraction of sp³-hybridized carbons (Fsp3) is 0.727. The van der Waals surface area contributed by atoms with E-state index in [0.29, 0.717) is 5.82 Å². The Labute approximate surface area is 98.0 Å². The van der Waals surface area contributed by atoms with Crippen molar-refractivity contribution in [1.82, 2.24) is 9.78 Å². The Morgan fingerprint density at radius 1 is 1.29 bits per heavy atom. The number of alkyl halides is 3. The molecule has 0 amide bonds. The standard InChI is InChI=1S/C11H16F3N3/c1-7-9(11(12,13)14)16-17(10(7)15-2)8-5-3-4-6-8/h8,15H,3-6H2,1-2H3. The summed E-state index contributed by atoms with van der Waals surface area (Å²) in [6.45, 7) is 1.47. The Morgan fingerprint density at radius 3 is 2.35 bits per heavy atom. The van der Waals surface area contributed by atoms with Gasteiger partial charge in [0, 0.05) is 12.6 Å². The van der Waals surface area contributed by atoms with Crippen LogP contribution in [0.15, 0.2) is 0 Å². The van der Waals surface area contributed by atoms with Crippen LogP contribution < -0.4 is 5.32 Å². The van der Waals surface area contributed by atoms with Crippen LogP contribution in [0.3, 0.4) is 0 Å². The maximum Gasteiger partial charge on any atom is 0.435 e. The summed E-state index contributed by atoms with van der Waals surface area (Å²) in [6, 6.07) is 0.104. The molecule has 6 heteroatoms. The summed E-state index contributed by atoms with van der Waals surface area (Å²) in [6.07, 6.45) is -0.429. The summed E-state index contributed by atoms with van der Waals surface area (Å²) < 4.78 is 39.8. The Balaban J connectivity index is 2.44.